The Hall–Kier alpha value is -1.80. The van der Waals surface area contributed by atoms with Gasteiger partial charge in [-0.3, -0.25) is 0 Å². The molecule has 21 heavy (non-hydrogen) atoms. The van der Waals surface area contributed by atoms with Gasteiger partial charge in [-0.15, -0.1) is 0 Å². The largest absolute Gasteiger partial charge is 0.382 e. The molecule has 1 N–H and O–H groups in total. The number of benzene rings is 2. The van der Waals surface area contributed by atoms with Crippen LogP contribution in [-0.2, 0) is 10.2 Å². The van der Waals surface area contributed by atoms with Crippen molar-refractivity contribution in [2.75, 3.05) is 19.0 Å². The van der Waals surface area contributed by atoms with Crippen molar-refractivity contribution in [2.45, 2.75) is 32.2 Å². The van der Waals surface area contributed by atoms with Gasteiger partial charge in [-0.1, -0.05) is 63.2 Å². The number of nitrogens with one attached hydrogen (secondary N) is 1. The molecule has 2 aromatic rings. The van der Waals surface area contributed by atoms with Gasteiger partial charge in [0.15, 0.2) is 0 Å². The fraction of sp³-hybridized carbons (Fsp3) is 0.368. The lowest BCUT2D eigenvalue weighted by atomic mass is 9.87. The molecule has 2 heteroatoms. The van der Waals surface area contributed by atoms with Crippen molar-refractivity contribution in [1.82, 2.24) is 0 Å². The standard InChI is InChI=1S/C19H25NO/c1-19(2,3)16-10-12-17(13-11-16)20-18(14-21-4)15-8-6-5-7-9-15/h5-13,18,20H,14H2,1-4H3. The summed E-state index contributed by atoms with van der Waals surface area (Å²) in [6, 6.07) is 19.2. The SMILES string of the molecule is COCC(Nc1ccc(C(C)(C)C)cc1)c1ccccc1. The highest BCUT2D eigenvalue weighted by Crippen LogP contribution is 2.25. The first kappa shape index (κ1) is 15.6. The van der Waals surface area contributed by atoms with Gasteiger partial charge in [0.2, 0.25) is 0 Å². The zero-order chi connectivity index (χ0) is 15.3. The third kappa shape index (κ3) is 4.33. The van der Waals surface area contributed by atoms with Crippen LogP contribution in [0.15, 0.2) is 54.6 Å². The molecule has 0 heterocycles. The first-order valence-corrected chi connectivity index (χ1v) is 7.41. The summed E-state index contributed by atoms with van der Waals surface area (Å²) in [5.74, 6) is 0. The van der Waals surface area contributed by atoms with E-state index in [2.05, 4.69) is 74.6 Å². The maximum Gasteiger partial charge on any atom is 0.0747 e. The third-order valence-electron chi connectivity index (χ3n) is 3.63. The summed E-state index contributed by atoms with van der Waals surface area (Å²) < 4.78 is 5.35. The molecule has 0 saturated heterocycles. The van der Waals surface area contributed by atoms with E-state index in [1.54, 1.807) is 7.11 Å². The lowest BCUT2D eigenvalue weighted by molar-refractivity contribution is 0.186. The number of rotatable bonds is 5. The minimum Gasteiger partial charge on any atom is -0.382 e. The highest BCUT2D eigenvalue weighted by atomic mass is 16.5. The van der Waals surface area contributed by atoms with Gasteiger partial charge < -0.3 is 10.1 Å². The Balaban J connectivity index is 2.14. The molecule has 112 valence electrons. The second-order valence-electron chi connectivity index (χ2n) is 6.39. The predicted octanol–water partition coefficient (Wildman–Crippen LogP) is 4.78. The molecule has 0 aliphatic carbocycles. The lowest BCUT2D eigenvalue weighted by Gasteiger charge is -2.22. The zero-order valence-corrected chi connectivity index (χ0v) is 13.4. The van der Waals surface area contributed by atoms with E-state index in [0.29, 0.717) is 6.61 Å². The molecule has 0 amide bonds. The van der Waals surface area contributed by atoms with Crippen molar-refractivity contribution in [3.8, 4) is 0 Å². The van der Waals surface area contributed by atoms with Gasteiger partial charge >= 0.3 is 0 Å². The highest BCUT2D eigenvalue weighted by molar-refractivity contribution is 5.48. The normalized spacial score (nSPS) is 13.0. The predicted molar refractivity (Wildman–Crippen MR) is 89.8 cm³/mol. The summed E-state index contributed by atoms with van der Waals surface area (Å²) in [4.78, 5) is 0. The van der Waals surface area contributed by atoms with E-state index in [0.717, 1.165) is 5.69 Å². The molecule has 0 aromatic heterocycles. The maximum absolute atomic E-state index is 5.35. The summed E-state index contributed by atoms with van der Waals surface area (Å²) in [5.41, 5.74) is 3.88. The summed E-state index contributed by atoms with van der Waals surface area (Å²) in [5, 5.41) is 3.55. The zero-order valence-electron chi connectivity index (χ0n) is 13.4. The van der Waals surface area contributed by atoms with Gasteiger partial charge in [0.1, 0.15) is 0 Å². The smallest absolute Gasteiger partial charge is 0.0747 e. The molecule has 2 aromatic carbocycles. The van der Waals surface area contributed by atoms with Crippen molar-refractivity contribution in [3.63, 3.8) is 0 Å². The molecule has 1 atom stereocenters. The number of hydrogen-bond acceptors (Lipinski definition) is 2. The fourth-order valence-corrected chi connectivity index (χ4v) is 2.34. The first-order valence-electron chi connectivity index (χ1n) is 7.41. The first-order chi connectivity index (χ1) is 10.0. The van der Waals surface area contributed by atoms with Crippen molar-refractivity contribution in [2.24, 2.45) is 0 Å². The monoisotopic (exact) mass is 283 g/mol. The number of anilines is 1. The van der Waals surface area contributed by atoms with E-state index >= 15 is 0 Å². The van der Waals surface area contributed by atoms with E-state index in [1.807, 2.05) is 6.07 Å². The second-order valence-corrected chi connectivity index (χ2v) is 6.39. The average molecular weight is 283 g/mol. The Morgan fingerprint density at radius 2 is 1.57 bits per heavy atom. The number of hydrogen-bond donors (Lipinski definition) is 1. The van der Waals surface area contributed by atoms with E-state index in [4.69, 9.17) is 4.74 Å². The van der Waals surface area contributed by atoms with Crippen LogP contribution in [0.1, 0.15) is 37.9 Å². The molecule has 0 saturated carbocycles. The van der Waals surface area contributed by atoms with Crippen LogP contribution in [0.2, 0.25) is 0 Å². The molecule has 2 nitrogen and oxygen atoms in total. The minimum atomic E-state index is 0.164. The van der Waals surface area contributed by atoms with Gasteiger partial charge in [0.25, 0.3) is 0 Å². The minimum absolute atomic E-state index is 0.164. The van der Waals surface area contributed by atoms with Crippen molar-refractivity contribution in [1.29, 1.82) is 0 Å². The molecule has 2 rings (SSSR count). The Morgan fingerprint density at radius 1 is 0.952 bits per heavy atom. The molecule has 1 unspecified atom stereocenters. The van der Waals surface area contributed by atoms with Gasteiger partial charge in [-0.25, -0.2) is 0 Å². The van der Waals surface area contributed by atoms with E-state index in [1.165, 1.54) is 11.1 Å². The van der Waals surface area contributed by atoms with Crippen molar-refractivity contribution in [3.05, 3.63) is 65.7 Å². The van der Waals surface area contributed by atoms with Crippen LogP contribution in [0, 0.1) is 0 Å². The summed E-state index contributed by atoms with van der Waals surface area (Å²) in [6.07, 6.45) is 0. The van der Waals surface area contributed by atoms with Gasteiger partial charge in [0, 0.05) is 12.8 Å². The Bertz CT molecular complexity index is 540. The molecular weight excluding hydrogens is 258 g/mol. The van der Waals surface area contributed by atoms with Crippen molar-refractivity contribution < 1.29 is 4.74 Å². The average Bonchev–Trinajstić information content (AvgIpc) is 2.47. The van der Waals surface area contributed by atoms with Crippen LogP contribution >= 0.6 is 0 Å². The van der Waals surface area contributed by atoms with Crippen LogP contribution in [-0.4, -0.2) is 13.7 Å². The molecule has 0 fully saturated rings. The van der Waals surface area contributed by atoms with Crippen LogP contribution in [0.3, 0.4) is 0 Å². The van der Waals surface area contributed by atoms with Crippen molar-refractivity contribution >= 4 is 5.69 Å². The van der Waals surface area contributed by atoms with Crippen LogP contribution in [0.4, 0.5) is 5.69 Å². The topological polar surface area (TPSA) is 21.3 Å². The van der Waals surface area contributed by atoms with Gasteiger partial charge in [-0.2, -0.15) is 0 Å². The number of ether oxygens (including phenoxy) is 1. The Labute approximate surface area is 128 Å². The fourth-order valence-electron chi connectivity index (χ4n) is 2.34. The number of methoxy groups -OCH3 is 1. The molecule has 0 aliphatic rings. The van der Waals surface area contributed by atoms with Crippen LogP contribution in [0.5, 0.6) is 0 Å². The Morgan fingerprint density at radius 3 is 2.10 bits per heavy atom. The maximum atomic E-state index is 5.35. The Kier molecular flexibility index (Phi) is 5.03. The van der Waals surface area contributed by atoms with Crippen LogP contribution in [0.25, 0.3) is 0 Å². The second kappa shape index (κ2) is 6.77. The lowest BCUT2D eigenvalue weighted by Crippen LogP contribution is -2.16. The molecule has 0 spiro atoms. The van der Waals surface area contributed by atoms with E-state index in [9.17, 15) is 0 Å². The summed E-state index contributed by atoms with van der Waals surface area (Å²) in [6.45, 7) is 7.33. The molecule has 0 bridgehead atoms. The summed E-state index contributed by atoms with van der Waals surface area (Å²) in [7, 11) is 1.74. The molecule has 0 radical (unpaired) electrons. The molecule has 0 aliphatic heterocycles. The summed E-state index contributed by atoms with van der Waals surface area (Å²) >= 11 is 0. The third-order valence-corrected chi connectivity index (χ3v) is 3.63. The quantitative estimate of drug-likeness (QED) is 0.852. The van der Waals surface area contributed by atoms with E-state index in [-0.39, 0.29) is 11.5 Å². The van der Waals surface area contributed by atoms with E-state index < -0.39 is 0 Å². The highest BCUT2D eigenvalue weighted by Gasteiger charge is 2.14. The van der Waals surface area contributed by atoms with Crippen LogP contribution < -0.4 is 5.32 Å². The molecular formula is C19H25NO. The van der Waals surface area contributed by atoms with Gasteiger partial charge in [0.05, 0.1) is 12.6 Å². The van der Waals surface area contributed by atoms with Gasteiger partial charge in [-0.05, 0) is 28.7 Å².